The summed E-state index contributed by atoms with van der Waals surface area (Å²) >= 11 is 2.07. The zero-order chi connectivity index (χ0) is 7.40. The lowest BCUT2D eigenvalue weighted by molar-refractivity contribution is 0.519. The highest BCUT2D eigenvalue weighted by atomic mass is 32.2. The Kier molecular flexibility index (Phi) is 3.61. The Morgan fingerprint density at radius 1 is 1.10 bits per heavy atom. The molecule has 0 bridgehead atoms. The van der Waals surface area contributed by atoms with Gasteiger partial charge in [0.2, 0.25) is 0 Å². The van der Waals surface area contributed by atoms with Gasteiger partial charge in [-0.05, 0) is 25.0 Å². The Labute approximate surface area is 68.8 Å². The first-order valence-electron chi connectivity index (χ1n) is 4.37. The minimum Gasteiger partial charge on any atom is -0.162 e. The maximum Gasteiger partial charge on any atom is 0.00699 e. The van der Waals surface area contributed by atoms with Gasteiger partial charge in [-0.3, -0.25) is 0 Å². The first-order chi connectivity index (χ1) is 4.84. The van der Waals surface area contributed by atoms with Crippen LogP contribution in [-0.4, -0.2) is 11.5 Å². The lowest BCUT2D eigenvalue weighted by Crippen LogP contribution is -2.11. The Morgan fingerprint density at radius 3 is 2.50 bits per heavy atom. The van der Waals surface area contributed by atoms with Crippen LogP contribution in [0, 0.1) is 5.92 Å². The molecule has 1 saturated carbocycles. The molecule has 0 aromatic heterocycles. The van der Waals surface area contributed by atoms with E-state index in [1.807, 2.05) is 0 Å². The van der Waals surface area contributed by atoms with Crippen molar-refractivity contribution in [3.63, 3.8) is 0 Å². The van der Waals surface area contributed by atoms with Gasteiger partial charge in [-0.2, -0.15) is 11.8 Å². The predicted octanol–water partition coefficient (Wildman–Crippen LogP) is 3.32. The molecule has 0 amide bonds. The van der Waals surface area contributed by atoms with Gasteiger partial charge in [0.25, 0.3) is 0 Å². The number of rotatable bonds is 1. The van der Waals surface area contributed by atoms with Crippen molar-refractivity contribution >= 4 is 11.8 Å². The van der Waals surface area contributed by atoms with E-state index in [0.717, 1.165) is 11.2 Å². The summed E-state index contributed by atoms with van der Waals surface area (Å²) in [5.41, 5.74) is 0. The van der Waals surface area contributed by atoms with Crippen LogP contribution in [0.4, 0.5) is 0 Å². The lowest BCUT2D eigenvalue weighted by atomic mass is 10.0. The van der Waals surface area contributed by atoms with E-state index in [1.54, 1.807) is 0 Å². The van der Waals surface area contributed by atoms with Crippen molar-refractivity contribution < 1.29 is 0 Å². The average molecular weight is 158 g/mol. The monoisotopic (exact) mass is 158 g/mol. The molecular formula is C9H18S. The van der Waals surface area contributed by atoms with Crippen LogP contribution in [0.3, 0.4) is 0 Å². The van der Waals surface area contributed by atoms with Crippen molar-refractivity contribution in [2.24, 2.45) is 5.92 Å². The molecule has 0 aromatic rings. The van der Waals surface area contributed by atoms with Crippen LogP contribution < -0.4 is 0 Å². The molecule has 10 heavy (non-hydrogen) atoms. The summed E-state index contributed by atoms with van der Waals surface area (Å²) in [5.74, 6) is 0.970. The van der Waals surface area contributed by atoms with Gasteiger partial charge in [0.05, 0.1) is 0 Å². The summed E-state index contributed by atoms with van der Waals surface area (Å²) in [4.78, 5) is 0. The van der Waals surface area contributed by atoms with E-state index in [9.17, 15) is 0 Å². The van der Waals surface area contributed by atoms with Crippen LogP contribution in [0.5, 0.6) is 0 Å². The summed E-state index contributed by atoms with van der Waals surface area (Å²) in [5, 5.41) is 0.961. The van der Waals surface area contributed by atoms with E-state index in [4.69, 9.17) is 0 Å². The minimum atomic E-state index is 0.961. The topological polar surface area (TPSA) is 0 Å². The molecule has 1 aliphatic carbocycles. The van der Waals surface area contributed by atoms with Crippen LogP contribution in [-0.2, 0) is 0 Å². The standard InChI is InChI=1S/C9H18S/c1-8-6-4-3-5-7-9(8)10-2/h8-9H,3-7H2,1-2H3/t8-,9?/m0/s1. The fourth-order valence-electron chi connectivity index (χ4n) is 1.81. The van der Waals surface area contributed by atoms with Gasteiger partial charge in [-0.25, -0.2) is 0 Å². The normalized spacial score (nSPS) is 35.4. The van der Waals surface area contributed by atoms with Gasteiger partial charge in [0.1, 0.15) is 0 Å². The quantitative estimate of drug-likeness (QED) is 0.528. The van der Waals surface area contributed by atoms with Crippen LogP contribution in [0.1, 0.15) is 39.0 Å². The van der Waals surface area contributed by atoms with Crippen molar-refractivity contribution in [2.45, 2.75) is 44.3 Å². The molecular weight excluding hydrogens is 140 g/mol. The molecule has 0 aliphatic heterocycles. The van der Waals surface area contributed by atoms with Crippen molar-refractivity contribution in [3.8, 4) is 0 Å². The summed E-state index contributed by atoms with van der Waals surface area (Å²) in [6, 6.07) is 0. The fourth-order valence-corrected chi connectivity index (χ4v) is 2.81. The molecule has 0 aromatic carbocycles. The van der Waals surface area contributed by atoms with Crippen molar-refractivity contribution in [1.29, 1.82) is 0 Å². The first-order valence-corrected chi connectivity index (χ1v) is 5.66. The molecule has 0 saturated heterocycles. The van der Waals surface area contributed by atoms with E-state index in [0.29, 0.717) is 0 Å². The van der Waals surface area contributed by atoms with Crippen LogP contribution in [0.25, 0.3) is 0 Å². The molecule has 60 valence electrons. The van der Waals surface area contributed by atoms with Crippen molar-refractivity contribution in [2.75, 3.05) is 6.26 Å². The zero-order valence-corrected chi connectivity index (χ0v) is 7.91. The number of thioether (sulfide) groups is 1. The summed E-state index contributed by atoms with van der Waals surface area (Å²) in [7, 11) is 0. The van der Waals surface area contributed by atoms with Gasteiger partial charge in [-0.1, -0.05) is 26.2 Å². The Hall–Kier alpha value is 0.350. The molecule has 1 rings (SSSR count). The third-order valence-electron chi connectivity index (χ3n) is 2.59. The molecule has 1 heteroatoms. The van der Waals surface area contributed by atoms with Crippen LogP contribution in [0.15, 0.2) is 0 Å². The second-order valence-corrected chi connectivity index (χ2v) is 4.47. The Morgan fingerprint density at radius 2 is 1.80 bits per heavy atom. The van der Waals surface area contributed by atoms with Gasteiger partial charge in [-0.15, -0.1) is 0 Å². The summed E-state index contributed by atoms with van der Waals surface area (Å²) < 4.78 is 0. The second-order valence-electron chi connectivity index (χ2n) is 3.39. The molecule has 0 heterocycles. The zero-order valence-electron chi connectivity index (χ0n) is 7.10. The smallest absolute Gasteiger partial charge is 0.00699 e. The Bertz CT molecular complexity index is 90.7. The highest BCUT2D eigenvalue weighted by molar-refractivity contribution is 7.99. The van der Waals surface area contributed by atoms with E-state index >= 15 is 0 Å². The first kappa shape index (κ1) is 8.45. The summed E-state index contributed by atoms with van der Waals surface area (Å²) in [6.45, 7) is 2.41. The van der Waals surface area contributed by atoms with E-state index in [1.165, 1.54) is 32.1 Å². The summed E-state index contributed by atoms with van der Waals surface area (Å²) in [6.07, 6.45) is 9.59. The molecule has 0 N–H and O–H groups in total. The molecule has 1 fully saturated rings. The number of hydrogen-bond donors (Lipinski definition) is 0. The van der Waals surface area contributed by atoms with Gasteiger partial charge in [0.15, 0.2) is 0 Å². The molecule has 1 unspecified atom stereocenters. The van der Waals surface area contributed by atoms with Gasteiger partial charge in [0, 0.05) is 5.25 Å². The third kappa shape index (κ3) is 2.19. The highest BCUT2D eigenvalue weighted by Gasteiger charge is 2.17. The van der Waals surface area contributed by atoms with Gasteiger partial charge >= 0.3 is 0 Å². The average Bonchev–Trinajstić information content (AvgIpc) is 2.13. The largest absolute Gasteiger partial charge is 0.162 e. The van der Waals surface area contributed by atoms with E-state index in [-0.39, 0.29) is 0 Å². The molecule has 0 nitrogen and oxygen atoms in total. The maximum atomic E-state index is 2.41. The predicted molar refractivity (Wildman–Crippen MR) is 49.6 cm³/mol. The SMILES string of the molecule is CSC1CCCCC[C@@H]1C. The van der Waals surface area contributed by atoms with Crippen molar-refractivity contribution in [3.05, 3.63) is 0 Å². The van der Waals surface area contributed by atoms with Gasteiger partial charge < -0.3 is 0 Å². The fraction of sp³-hybridized carbons (Fsp3) is 1.00. The Balaban J connectivity index is 2.35. The van der Waals surface area contributed by atoms with Crippen LogP contribution >= 0.6 is 11.8 Å². The van der Waals surface area contributed by atoms with Crippen molar-refractivity contribution in [1.82, 2.24) is 0 Å². The minimum absolute atomic E-state index is 0.961. The number of hydrogen-bond acceptors (Lipinski definition) is 1. The highest BCUT2D eigenvalue weighted by Crippen LogP contribution is 2.30. The van der Waals surface area contributed by atoms with E-state index in [2.05, 4.69) is 24.9 Å². The van der Waals surface area contributed by atoms with Crippen LogP contribution in [0.2, 0.25) is 0 Å². The molecule has 1 aliphatic rings. The second kappa shape index (κ2) is 4.27. The van der Waals surface area contributed by atoms with E-state index < -0.39 is 0 Å². The maximum absolute atomic E-state index is 2.41. The molecule has 2 atom stereocenters. The lowest BCUT2D eigenvalue weighted by Gasteiger charge is -2.18. The molecule has 0 radical (unpaired) electrons. The molecule has 0 spiro atoms. The third-order valence-corrected chi connectivity index (χ3v) is 3.89.